The lowest BCUT2D eigenvalue weighted by atomic mass is 10.1. The topological polar surface area (TPSA) is 59.8 Å². The van der Waals surface area contributed by atoms with Crippen LogP contribution < -0.4 is 5.32 Å². The number of thioether (sulfide) groups is 1. The first-order valence-corrected chi connectivity index (χ1v) is 11.4. The van der Waals surface area contributed by atoms with Crippen LogP contribution in [-0.4, -0.2) is 20.4 Å². The molecule has 4 aromatic rings. The molecule has 2 aromatic heterocycles. The summed E-state index contributed by atoms with van der Waals surface area (Å²) in [5.41, 5.74) is 1.01. The summed E-state index contributed by atoms with van der Waals surface area (Å²) in [6.45, 7) is 1.81. The molecule has 2 heterocycles. The van der Waals surface area contributed by atoms with Gasteiger partial charge in [0.1, 0.15) is 11.9 Å². The molecule has 4 rings (SSSR count). The third-order valence-electron chi connectivity index (χ3n) is 5.21. The Hall–Kier alpha value is -3.40. The van der Waals surface area contributed by atoms with Crippen molar-refractivity contribution in [3.63, 3.8) is 0 Å². The van der Waals surface area contributed by atoms with E-state index in [0.717, 1.165) is 12.1 Å². The number of rotatable bonds is 7. The Kier molecular flexibility index (Phi) is 6.87. The molecule has 1 atom stereocenters. The van der Waals surface area contributed by atoms with Crippen molar-refractivity contribution in [3.05, 3.63) is 83.9 Å². The van der Waals surface area contributed by atoms with Crippen molar-refractivity contribution < 1.29 is 22.4 Å². The zero-order valence-electron chi connectivity index (χ0n) is 18.0. The lowest BCUT2D eigenvalue weighted by Gasteiger charge is -2.20. The molecule has 0 unspecified atom stereocenters. The van der Waals surface area contributed by atoms with Crippen LogP contribution in [0, 0.1) is 5.82 Å². The van der Waals surface area contributed by atoms with Crippen LogP contribution in [0.2, 0.25) is 0 Å². The Morgan fingerprint density at radius 2 is 1.94 bits per heavy atom. The molecule has 0 bridgehead atoms. The van der Waals surface area contributed by atoms with Gasteiger partial charge in [0.15, 0.2) is 5.16 Å². The molecule has 0 saturated heterocycles. The number of nitrogens with one attached hydrogen (secondary N) is 1. The van der Waals surface area contributed by atoms with Crippen molar-refractivity contribution in [2.75, 3.05) is 5.32 Å². The summed E-state index contributed by atoms with van der Waals surface area (Å²) in [5, 5.41) is 3.08. The van der Waals surface area contributed by atoms with E-state index in [1.165, 1.54) is 36.0 Å². The number of fused-ring (bicyclic) bond motifs is 1. The highest BCUT2D eigenvalue weighted by atomic mass is 32.2. The molecule has 34 heavy (non-hydrogen) atoms. The van der Waals surface area contributed by atoms with Gasteiger partial charge >= 0.3 is 6.18 Å². The summed E-state index contributed by atoms with van der Waals surface area (Å²) < 4.78 is 55.0. The van der Waals surface area contributed by atoms with E-state index in [2.05, 4.69) is 15.3 Å². The van der Waals surface area contributed by atoms with Crippen molar-refractivity contribution in [2.45, 2.75) is 36.5 Å². The monoisotopic (exact) mass is 488 g/mol. The number of hydrogen-bond acceptors (Lipinski definition) is 4. The Morgan fingerprint density at radius 3 is 2.68 bits per heavy atom. The molecule has 0 aliphatic rings. The van der Waals surface area contributed by atoms with Crippen molar-refractivity contribution in [1.29, 1.82) is 0 Å². The van der Waals surface area contributed by atoms with E-state index in [-0.39, 0.29) is 11.4 Å². The van der Waals surface area contributed by atoms with Crippen LogP contribution in [0.1, 0.15) is 30.5 Å². The van der Waals surface area contributed by atoms with E-state index in [1.54, 1.807) is 35.2 Å². The molecule has 1 N–H and O–H groups in total. The van der Waals surface area contributed by atoms with Gasteiger partial charge in [0, 0.05) is 11.9 Å². The Morgan fingerprint density at radius 1 is 1.15 bits per heavy atom. The second kappa shape index (κ2) is 9.84. The van der Waals surface area contributed by atoms with Crippen LogP contribution in [0.5, 0.6) is 0 Å². The number of carbonyl (C=O) groups is 1. The average molecular weight is 489 g/mol. The summed E-state index contributed by atoms with van der Waals surface area (Å²) in [7, 11) is 0. The number of carbonyl (C=O) groups excluding carboxylic acids is 1. The maximum atomic E-state index is 14.1. The fourth-order valence-corrected chi connectivity index (χ4v) is 4.57. The number of hydrogen-bond donors (Lipinski definition) is 1. The molecule has 0 fully saturated rings. The molecule has 1 amide bonds. The van der Waals surface area contributed by atoms with Crippen molar-refractivity contribution in [3.8, 4) is 0 Å². The number of aromatic nitrogens is 3. The van der Waals surface area contributed by atoms with Crippen LogP contribution in [0.15, 0.2) is 72.1 Å². The zero-order valence-corrected chi connectivity index (χ0v) is 18.8. The molecule has 0 spiro atoms. The van der Waals surface area contributed by atoms with Gasteiger partial charge in [-0.3, -0.25) is 9.78 Å². The smallest absolute Gasteiger partial charge is 0.322 e. The van der Waals surface area contributed by atoms with E-state index in [0.29, 0.717) is 28.2 Å². The largest absolute Gasteiger partial charge is 0.416 e. The SMILES string of the molecule is CC[C@@H](C(=O)Nc1ccccc1F)n1c(SCc2cccc(C(F)(F)F)c2)nc2ccncc21. The fraction of sp³-hybridized carbons (Fsp3) is 0.208. The normalized spacial score (nSPS) is 12.6. The molecule has 0 aliphatic heterocycles. The van der Waals surface area contributed by atoms with Gasteiger partial charge in [0.25, 0.3) is 0 Å². The first-order valence-electron chi connectivity index (χ1n) is 10.4. The van der Waals surface area contributed by atoms with Gasteiger partial charge in [0.2, 0.25) is 5.91 Å². The highest BCUT2D eigenvalue weighted by Crippen LogP contribution is 2.34. The molecule has 0 radical (unpaired) electrons. The summed E-state index contributed by atoms with van der Waals surface area (Å²) in [6.07, 6.45) is -0.910. The van der Waals surface area contributed by atoms with Crippen LogP contribution in [0.4, 0.5) is 23.2 Å². The van der Waals surface area contributed by atoms with Gasteiger partial charge in [-0.05, 0) is 36.2 Å². The molecule has 0 saturated carbocycles. The third-order valence-corrected chi connectivity index (χ3v) is 6.24. The minimum atomic E-state index is -4.43. The highest BCUT2D eigenvalue weighted by molar-refractivity contribution is 7.98. The fourth-order valence-electron chi connectivity index (χ4n) is 3.57. The van der Waals surface area contributed by atoms with E-state index in [4.69, 9.17) is 0 Å². The molecular weight excluding hydrogens is 468 g/mol. The quantitative estimate of drug-likeness (QED) is 0.239. The Labute approximate surface area is 197 Å². The van der Waals surface area contributed by atoms with E-state index in [1.807, 2.05) is 6.92 Å². The first-order chi connectivity index (χ1) is 16.3. The molecule has 5 nitrogen and oxygen atoms in total. The van der Waals surface area contributed by atoms with Gasteiger partial charge in [-0.2, -0.15) is 13.2 Å². The van der Waals surface area contributed by atoms with E-state index >= 15 is 0 Å². The maximum Gasteiger partial charge on any atom is 0.416 e. The summed E-state index contributed by atoms with van der Waals surface area (Å²) in [4.78, 5) is 21.9. The number of benzene rings is 2. The molecule has 0 aliphatic carbocycles. The number of alkyl halides is 3. The number of para-hydroxylation sites is 1. The van der Waals surface area contributed by atoms with Gasteiger partial charge in [-0.25, -0.2) is 9.37 Å². The molecular formula is C24H20F4N4OS. The van der Waals surface area contributed by atoms with Gasteiger partial charge in [0.05, 0.1) is 28.5 Å². The number of anilines is 1. The van der Waals surface area contributed by atoms with E-state index in [9.17, 15) is 22.4 Å². The average Bonchev–Trinajstić information content (AvgIpc) is 3.18. The highest BCUT2D eigenvalue weighted by Gasteiger charge is 2.30. The predicted molar refractivity (Wildman–Crippen MR) is 123 cm³/mol. The molecule has 2 aromatic carbocycles. The zero-order chi connectivity index (χ0) is 24.3. The number of amides is 1. The van der Waals surface area contributed by atoms with Gasteiger partial charge < -0.3 is 9.88 Å². The van der Waals surface area contributed by atoms with Crippen molar-refractivity contribution in [2.24, 2.45) is 0 Å². The lowest BCUT2D eigenvalue weighted by molar-refractivity contribution is -0.137. The number of imidazole rings is 1. The summed E-state index contributed by atoms with van der Waals surface area (Å²) in [5.74, 6) is -0.773. The van der Waals surface area contributed by atoms with Crippen molar-refractivity contribution in [1.82, 2.24) is 14.5 Å². The molecule has 10 heteroatoms. The predicted octanol–water partition coefficient (Wildman–Crippen LogP) is 6.47. The minimum absolute atomic E-state index is 0.0617. The lowest BCUT2D eigenvalue weighted by Crippen LogP contribution is -2.26. The third kappa shape index (κ3) is 5.06. The maximum absolute atomic E-state index is 14.1. The number of nitrogens with zero attached hydrogens (tertiary/aromatic N) is 3. The standard InChI is InChI=1S/C24H20F4N4OS/c1-2-20(22(33)30-18-9-4-3-8-17(18)25)32-21-13-29-11-10-19(21)31-23(32)34-14-15-6-5-7-16(12-15)24(26,27)28/h3-13,20H,2,14H2,1H3,(H,30,33)/t20-/m0/s1. The number of pyridine rings is 1. The van der Waals surface area contributed by atoms with Crippen LogP contribution in [0.3, 0.4) is 0 Å². The first kappa shape index (κ1) is 23.7. The Balaban J connectivity index is 1.66. The Bertz CT molecular complexity index is 1320. The van der Waals surface area contributed by atoms with Crippen LogP contribution in [-0.2, 0) is 16.7 Å². The minimum Gasteiger partial charge on any atom is -0.322 e. The number of halogens is 4. The summed E-state index contributed by atoms with van der Waals surface area (Å²) in [6, 6.07) is 11.9. The molecule has 176 valence electrons. The van der Waals surface area contributed by atoms with Crippen LogP contribution in [0.25, 0.3) is 11.0 Å². The summed E-state index contributed by atoms with van der Waals surface area (Å²) >= 11 is 1.22. The second-order valence-electron chi connectivity index (χ2n) is 7.51. The van der Waals surface area contributed by atoms with E-state index < -0.39 is 29.5 Å². The van der Waals surface area contributed by atoms with Crippen molar-refractivity contribution >= 4 is 34.4 Å². The van der Waals surface area contributed by atoms with Gasteiger partial charge in [-0.15, -0.1) is 0 Å². The van der Waals surface area contributed by atoms with Gasteiger partial charge in [-0.1, -0.05) is 49.0 Å². The second-order valence-corrected chi connectivity index (χ2v) is 8.45. The van der Waals surface area contributed by atoms with Crippen LogP contribution >= 0.6 is 11.8 Å².